The van der Waals surface area contributed by atoms with Crippen LogP contribution in [0.15, 0.2) is 57.8 Å². The predicted octanol–water partition coefficient (Wildman–Crippen LogP) is 3.57. The highest BCUT2D eigenvalue weighted by Crippen LogP contribution is 2.28. The van der Waals surface area contributed by atoms with Crippen LogP contribution < -0.4 is 15.6 Å². The molecule has 0 aliphatic rings. The van der Waals surface area contributed by atoms with E-state index in [1.807, 2.05) is 36.4 Å². The van der Waals surface area contributed by atoms with Gasteiger partial charge in [0.1, 0.15) is 23.7 Å². The first-order valence-corrected chi connectivity index (χ1v) is 9.90. The van der Waals surface area contributed by atoms with Gasteiger partial charge in [-0.05, 0) is 55.3 Å². The molecule has 8 heteroatoms. The summed E-state index contributed by atoms with van der Waals surface area (Å²) < 4.78 is 11.6. The van der Waals surface area contributed by atoms with Crippen LogP contribution in [-0.2, 0) is 17.8 Å². The highest BCUT2D eigenvalue weighted by molar-refractivity contribution is 5.94. The van der Waals surface area contributed by atoms with E-state index in [0.29, 0.717) is 28.3 Å². The molecule has 1 amide bonds. The van der Waals surface area contributed by atoms with E-state index in [2.05, 4.69) is 22.5 Å². The normalized spacial score (nSPS) is 10.9. The number of nitrogens with zero attached hydrogens (tertiary/aromatic N) is 3. The van der Waals surface area contributed by atoms with Crippen molar-refractivity contribution in [1.29, 1.82) is 0 Å². The van der Waals surface area contributed by atoms with Crippen LogP contribution in [0.1, 0.15) is 18.2 Å². The van der Waals surface area contributed by atoms with Crippen molar-refractivity contribution in [2.24, 2.45) is 0 Å². The number of fused-ring (bicyclic) bond motifs is 1. The molecule has 4 rings (SSSR count). The van der Waals surface area contributed by atoms with E-state index in [4.69, 9.17) is 9.26 Å². The number of amides is 1. The largest absolute Gasteiger partial charge is 0.497 e. The van der Waals surface area contributed by atoms with Crippen LogP contribution in [0.3, 0.4) is 0 Å². The molecule has 0 aliphatic heterocycles. The van der Waals surface area contributed by atoms with E-state index in [9.17, 15) is 9.59 Å². The Labute approximate surface area is 178 Å². The molecular weight excluding hydrogens is 396 g/mol. The minimum atomic E-state index is -0.486. The lowest BCUT2D eigenvalue weighted by molar-refractivity contribution is -0.117. The molecule has 0 unspecified atom stereocenters. The van der Waals surface area contributed by atoms with Gasteiger partial charge in [0.2, 0.25) is 5.91 Å². The van der Waals surface area contributed by atoms with Gasteiger partial charge >= 0.3 is 0 Å². The second-order valence-electron chi connectivity index (χ2n) is 7.10. The number of rotatable bonds is 6. The summed E-state index contributed by atoms with van der Waals surface area (Å²) in [5.41, 5.74) is 2.74. The van der Waals surface area contributed by atoms with Crippen LogP contribution in [0.2, 0.25) is 0 Å². The molecule has 158 valence electrons. The van der Waals surface area contributed by atoms with Crippen LogP contribution in [0, 0.1) is 6.92 Å². The molecule has 4 aromatic rings. The molecule has 31 heavy (non-hydrogen) atoms. The molecular formula is C23H22N4O4. The average Bonchev–Trinajstić information content (AvgIpc) is 3.18. The monoisotopic (exact) mass is 418 g/mol. The van der Waals surface area contributed by atoms with Gasteiger partial charge in [-0.1, -0.05) is 24.2 Å². The van der Waals surface area contributed by atoms with Crippen LogP contribution in [-0.4, -0.2) is 28.0 Å². The Morgan fingerprint density at radius 2 is 1.84 bits per heavy atom. The summed E-state index contributed by atoms with van der Waals surface area (Å²) in [4.78, 5) is 25.5. The van der Waals surface area contributed by atoms with Gasteiger partial charge in [0.05, 0.1) is 12.5 Å². The minimum absolute atomic E-state index is 0.137. The molecule has 0 saturated heterocycles. The first-order valence-electron chi connectivity index (χ1n) is 9.90. The lowest BCUT2D eigenvalue weighted by atomic mass is 10.1. The highest BCUT2D eigenvalue weighted by Gasteiger charge is 2.20. The lowest BCUT2D eigenvalue weighted by Crippen LogP contribution is -2.30. The maximum Gasteiger partial charge on any atom is 0.297 e. The van der Waals surface area contributed by atoms with Crippen molar-refractivity contribution in [3.05, 3.63) is 70.2 Å². The maximum atomic E-state index is 12.9. The Morgan fingerprint density at radius 3 is 2.48 bits per heavy atom. The summed E-state index contributed by atoms with van der Waals surface area (Å²) in [6, 6.07) is 14.8. The third kappa shape index (κ3) is 4.05. The van der Waals surface area contributed by atoms with Crippen LogP contribution >= 0.6 is 0 Å². The lowest BCUT2D eigenvalue weighted by Gasteiger charge is -2.10. The van der Waals surface area contributed by atoms with E-state index in [-0.39, 0.29) is 18.0 Å². The summed E-state index contributed by atoms with van der Waals surface area (Å²) in [7, 11) is 1.59. The molecule has 1 N–H and O–H groups in total. The number of anilines is 1. The molecule has 0 atom stereocenters. The topological polar surface area (TPSA) is 99.2 Å². The Balaban J connectivity index is 1.69. The number of aromatic nitrogens is 3. The molecule has 0 fully saturated rings. The van der Waals surface area contributed by atoms with Crippen molar-refractivity contribution >= 4 is 22.5 Å². The van der Waals surface area contributed by atoms with Gasteiger partial charge in [-0.15, -0.1) is 0 Å². The molecule has 0 saturated carbocycles. The van der Waals surface area contributed by atoms with E-state index in [1.54, 1.807) is 26.2 Å². The van der Waals surface area contributed by atoms with Crippen molar-refractivity contribution in [3.8, 4) is 17.0 Å². The number of benzene rings is 2. The van der Waals surface area contributed by atoms with Crippen molar-refractivity contribution in [3.63, 3.8) is 0 Å². The van der Waals surface area contributed by atoms with Crippen molar-refractivity contribution in [2.75, 3.05) is 12.4 Å². The molecule has 2 aromatic carbocycles. The summed E-state index contributed by atoms with van der Waals surface area (Å²) in [5, 5.41) is 11.7. The number of carbonyl (C=O) groups is 1. The Kier molecular flexibility index (Phi) is 5.53. The first kappa shape index (κ1) is 20.3. The van der Waals surface area contributed by atoms with Crippen LogP contribution in [0.25, 0.3) is 22.2 Å². The van der Waals surface area contributed by atoms with Crippen LogP contribution in [0.5, 0.6) is 5.75 Å². The molecule has 2 heterocycles. The Bertz CT molecular complexity index is 1290. The number of carbonyl (C=O) groups excluding carboxylic acids is 1. The Morgan fingerprint density at radius 1 is 1.13 bits per heavy atom. The number of ether oxygens (including phenoxy) is 1. The van der Waals surface area contributed by atoms with Gasteiger partial charge in [-0.25, -0.2) is 4.68 Å². The zero-order valence-electron chi connectivity index (χ0n) is 17.5. The average molecular weight is 418 g/mol. The van der Waals surface area contributed by atoms with E-state index in [1.165, 1.54) is 5.56 Å². The zero-order chi connectivity index (χ0) is 22.0. The quantitative estimate of drug-likeness (QED) is 0.514. The highest BCUT2D eigenvalue weighted by atomic mass is 16.5. The number of methoxy groups -OCH3 is 1. The van der Waals surface area contributed by atoms with Gasteiger partial charge in [-0.3, -0.25) is 9.59 Å². The van der Waals surface area contributed by atoms with Crippen molar-refractivity contribution in [1.82, 2.24) is 14.9 Å². The predicted molar refractivity (Wildman–Crippen MR) is 117 cm³/mol. The summed E-state index contributed by atoms with van der Waals surface area (Å²) in [6.07, 6.45) is 0.915. The number of nitrogens with one attached hydrogen (secondary N) is 1. The smallest absolute Gasteiger partial charge is 0.297 e. The molecule has 2 aromatic heterocycles. The second-order valence-corrected chi connectivity index (χ2v) is 7.10. The Hall–Kier alpha value is -3.94. The summed E-state index contributed by atoms with van der Waals surface area (Å²) in [6.45, 7) is 3.54. The van der Waals surface area contributed by atoms with Crippen molar-refractivity contribution in [2.45, 2.75) is 26.8 Å². The fourth-order valence-corrected chi connectivity index (χ4v) is 3.35. The van der Waals surface area contributed by atoms with E-state index in [0.717, 1.165) is 16.7 Å². The van der Waals surface area contributed by atoms with Crippen molar-refractivity contribution < 1.29 is 14.1 Å². The summed E-state index contributed by atoms with van der Waals surface area (Å²) >= 11 is 0. The SMILES string of the molecule is CCc1ccc(NC(=O)Cn2nc(-c3ccc(OC)cc3)c3c(C)onc3c2=O)cc1. The molecule has 0 spiro atoms. The van der Waals surface area contributed by atoms with Gasteiger partial charge in [0.25, 0.3) is 5.56 Å². The van der Waals surface area contributed by atoms with Gasteiger partial charge in [0, 0.05) is 11.3 Å². The number of hydrogen-bond donors (Lipinski definition) is 1. The van der Waals surface area contributed by atoms with Gasteiger partial charge < -0.3 is 14.6 Å². The number of hydrogen-bond acceptors (Lipinski definition) is 6. The number of aryl methyl sites for hydroxylation is 2. The third-order valence-electron chi connectivity index (χ3n) is 5.06. The minimum Gasteiger partial charge on any atom is -0.497 e. The fraction of sp³-hybridized carbons (Fsp3) is 0.217. The molecule has 8 nitrogen and oxygen atoms in total. The summed E-state index contributed by atoms with van der Waals surface area (Å²) in [5.74, 6) is 0.820. The zero-order valence-corrected chi connectivity index (χ0v) is 17.5. The van der Waals surface area contributed by atoms with Crippen LogP contribution in [0.4, 0.5) is 5.69 Å². The second kappa shape index (κ2) is 8.43. The third-order valence-corrected chi connectivity index (χ3v) is 5.06. The molecule has 0 aliphatic carbocycles. The maximum absolute atomic E-state index is 12.9. The molecule has 0 radical (unpaired) electrons. The fourth-order valence-electron chi connectivity index (χ4n) is 3.35. The van der Waals surface area contributed by atoms with Gasteiger partial charge in [0.15, 0.2) is 5.52 Å². The first-order chi connectivity index (χ1) is 15.0. The molecule has 0 bridgehead atoms. The van der Waals surface area contributed by atoms with Gasteiger partial charge in [-0.2, -0.15) is 5.10 Å². The van der Waals surface area contributed by atoms with E-state index < -0.39 is 5.56 Å². The standard InChI is InChI=1S/C23H22N4O4/c1-4-15-5-9-17(10-6-15)24-19(28)13-27-23(29)22-20(14(2)31-26-22)21(25-27)16-7-11-18(30-3)12-8-16/h5-12H,4,13H2,1-3H3,(H,24,28). The van der Waals surface area contributed by atoms with E-state index >= 15 is 0 Å².